The number of piperidine rings is 1. The van der Waals surface area contributed by atoms with Gasteiger partial charge in [0.1, 0.15) is 0 Å². The molecule has 1 aromatic heterocycles. The molecule has 3 N–H and O–H groups in total. The van der Waals surface area contributed by atoms with Crippen molar-refractivity contribution in [1.82, 2.24) is 15.1 Å². The van der Waals surface area contributed by atoms with E-state index in [1.54, 1.807) is 6.20 Å². The van der Waals surface area contributed by atoms with Crippen molar-refractivity contribution in [2.24, 2.45) is 5.73 Å². The van der Waals surface area contributed by atoms with Crippen LogP contribution in [0.4, 0.5) is 0 Å². The molecule has 1 fully saturated rings. The van der Waals surface area contributed by atoms with Crippen LogP contribution in [0.5, 0.6) is 0 Å². The summed E-state index contributed by atoms with van der Waals surface area (Å²) in [7, 11) is 0. The number of hydrogen-bond acceptors (Lipinski definition) is 3. The highest BCUT2D eigenvalue weighted by atomic mass is 16.2. The molecule has 3 rings (SSSR count). The minimum atomic E-state index is 0.0733. The third-order valence-electron chi connectivity index (χ3n) is 4.22. The highest BCUT2D eigenvalue weighted by Crippen LogP contribution is 2.25. The van der Waals surface area contributed by atoms with E-state index in [1.165, 1.54) is 0 Å². The number of hydrogen-bond donors (Lipinski definition) is 2. The van der Waals surface area contributed by atoms with Gasteiger partial charge >= 0.3 is 0 Å². The number of amides is 1. The standard InChI is InChI=1S/C15H20N4O/c1-10-3-2-4-13(8-16)19(10)15(20)11-5-6-12-9-17-18-14(12)7-11/h5-7,9-10,13H,2-4,8,16H2,1H3,(H,17,18). The molecule has 5 nitrogen and oxygen atoms in total. The summed E-state index contributed by atoms with van der Waals surface area (Å²) in [5.41, 5.74) is 7.43. The fourth-order valence-corrected chi connectivity index (χ4v) is 3.10. The summed E-state index contributed by atoms with van der Waals surface area (Å²) in [6.45, 7) is 2.64. The molecule has 1 aliphatic heterocycles. The van der Waals surface area contributed by atoms with Gasteiger partial charge in [-0.1, -0.05) is 6.07 Å². The normalized spacial score (nSPS) is 23.2. The molecule has 0 saturated carbocycles. The molecule has 20 heavy (non-hydrogen) atoms. The molecule has 1 aliphatic rings. The topological polar surface area (TPSA) is 75.0 Å². The first-order valence-corrected chi connectivity index (χ1v) is 7.16. The highest BCUT2D eigenvalue weighted by molar-refractivity contribution is 5.98. The predicted molar refractivity (Wildman–Crippen MR) is 78.4 cm³/mol. The number of aromatic amines is 1. The van der Waals surface area contributed by atoms with Gasteiger partial charge in [0.05, 0.1) is 11.7 Å². The van der Waals surface area contributed by atoms with Crippen LogP contribution in [0, 0.1) is 0 Å². The molecule has 0 radical (unpaired) electrons. The summed E-state index contributed by atoms with van der Waals surface area (Å²) < 4.78 is 0. The van der Waals surface area contributed by atoms with Crippen molar-refractivity contribution in [3.8, 4) is 0 Å². The SMILES string of the molecule is CC1CCCC(CN)N1C(=O)c1ccc2cn[nH]c2c1. The molecule has 2 unspecified atom stereocenters. The molecular formula is C15H20N4O. The van der Waals surface area contributed by atoms with Gasteiger partial charge in [-0.2, -0.15) is 5.10 Å². The first kappa shape index (κ1) is 13.1. The van der Waals surface area contributed by atoms with Crippen molar-refractivity contribution in [1.29, 1.82) is 0 Å². The second-order valence-corrected chi connectivity index (χ2v) is 5.55. The van der Waals surface area contributed by atoms with Gasteiger partial charge in [0.25, 0.3) is 5.91 Å². The van der Waals surface area contributed by atoms with Crippen LogP contribution in [0.3, 0.4) is 0 Å². The third kappa shape index (κ3) is 2.18. The number of carbonyl (C=O) groups is 1. The van der Waals surface area contributed by atoms with Gasteiger partial charge in [-0.05, 0) is 38.3 Å². The van der Waals surface area contributed by atoms with Crippen molar-refractivity contribution in [3.05, 3.63) is 30.0 Å². The molecule has 0 aliphatic carbocycles. The molecule has 1 amide bonds. The second kappa shape index (κ2) is 5.25. The van der Waals surface area contributed by atoms with Crippen molar-refractivity contribution >= 4 is 16.8 Å². The van der Waals surface area contributed by atoms with Crippen LogP contribution in [0.2, 0.25) is 0 Å². The van der Waals surface area contributed by atoms with E-state index in [1.807, 2.05) is 23.1 Å². The molecule has 1 aromatic carbocycles. The monoisotopic (exact) mass is 272 g/mol. The number of rotatable bonds is 2. The summed E-state index contributed by atoms with van der Waals surface area (Å²) >= 11 is 0. The molecule has 5 heteroatoms. The molecule has 106 valence electrons. The van der Waals surface area contributed by atoms with E-state index in [-0.39, 0.29) is 18.0 Å². The largest absolute Gasteiger partial charge is 0.332 e. The Kier molecular flexibility index (Phi) is 3.44. The van der Waals surface area contributed by atoms with Crippen molar-refractivity contribution in [3.63, 3.8) is 0 Å². The van der Waals surface area contributed by atoms with Gasteiger partial charge in [0.2, 0.25) is 0 Å². The zero-order valence-corrected chi connectivity index (χ0v) is 11.7. The van der Waals surface area contributed by atoms with E-state index >= 15 is 0 Å². The number of fused-ring (bicyclic) bond motifs is 1. The van der Waals surface area contributed by atoms with E-state index in [4.69, 9.17) is 5.73 Å². The van der Waals surface area contributed by atoms with E-state index in [2.05, 4.69) is 17.1 Å². The highest BCUT2D eigenvalue weighted by Gasteiger charge is 2.31. The van der Waals surface area contributed by atoms with E-state index in [0.717, 1.165) is 30.2 Å². The molecule has 2 heterocycles. The number of nitrogens with two attached hydrogens (primary N) is 1. The number of nitrogens with zero attached hydrogens (tertiary/aromatic N) is 2. The van der Waals surface area contributed by atoms with Gasteiger partial charge < -0.3 is 10.6 Å². The Bertz CT molecular complexity index is 621. The summed E-state index contributed by atoms with van der Waals surface area (Å²) in [5.74, 6) is 0.0733. The van der Waals surface area contributed by atoms with E-state index in [0.29, 0.717) is 12.1 Å². The van der Waals surface area contributed by atoms with Crippen LogP contribution in [-0.2, 0) is 0 Å². The average molecular weight is 272 g/mol. The minimum Gasteiger partial charge on any atom is -0.332 e. The summed E-state index contributed by atoms with van der Waals surface area (Å²) in [6, 6.07) is 6.08. The fourth-order valence-electron chi connectivity index (χ4n) is 3.10. The smallest absolute Gasteiger partial charge is 0.254 e. The summed E-state index contributed by atoms with van der Waals surface area (Å²) in [6.07, 6.45) is 4.95. The van der Waals surface area contributed by atoms with Crippen LogP contribution < -0.4 is 5.73 Å². The zero-order chi connectivity index (χ0) is 14.1. The van der Waals surface area contributed by atoms with Crippen molar-refractivity contribution in [2.45, 2.75) is 38.3 Å². The Morgan fingerprint density at radius 2 is 2.35 bits per heavy atom. The van der Waals surface area contributed by atoms with E-state index in [9.17, 15) is 4.79 Å². The average Bonchev–Trinajstić information content (AvgIpc) is 2.93. The number of benzene rings is 1. The first-order valence-electron chi connectivity index (χ1n) is 7.16. The number of H-pyrrole nitrogens is 1. The Hall–Kier alpha value is -1.88. The number of nitrogens with one attached hydrogen (secondary N) is 1. The number of likely N-dealkylation sites (tertiary alicyclic amines) is 1. The lowest BCUT2D eigenvalue weighted by atomic mass is 9.95. The lowest BCUT2D eigenvalue weighted by Gasteiger charge is -2.40. The van der Waals surface area contributed by atoms with Gasteiger partial charge in [0.15, 0.2) is 0 Å². The minimum absolute atomic E-state index is 0.0733. The molecule has 1 saturated heterocycles. The van der Waals surface area contributed by atoms with E-state index < -0.39 is 0 Å². The maximum absolute atomic E-state index is 12.8. The third-order valence-corrected chi connectivity index (χ3v) is 4.22. The van der Waals surface area contributed by atoms with Gasteiger partial charge in [-0.25, -0.2) is 0 Å². The predicted octanol–water partition coefficient (Wildman–Crippen LogP) is 1.90. The second-order valence-electron chi connectivity index (χ2n) is 5.55. The molecule has 0 spiro atoms. The van der Waals surface area contributed by atoms with Gasteiger partial charge in [0, 0.05) is 29.6 Å². The lowest BCUT2D eigenvalue weighted by molar-refractivity contribution is 0.0494. The lowest BCUT2D eigenvalue weighted by Crippen LogP contribution is -2.51. The van der Waals surface area contributed by atoms with Crippen LogP contribution >= 0.6 is 0 Å². The van der Waals surface area contributed by atoms with Crippen LogP contribution in [-0.4, -0.2) is 39.6 Å². The Balaban J connectivity index is 1.93. The number of carbonyl (C=O) groups excluding carboxylic acids is 1. The zero-order valence-electron chi connectivity index (χ0n) is 11.7. The summed E-state index contributed by atoms with van der Waals surface area (Å²) in [5, 5.41) is 7.92. The van der Waals surface area contributed by atoms with Gasteiger partial charge in [-0.3, -0.25) is 9.89 Å². The quantitative estimate of drug-likeness (QED) is 0.876. The van der Waals surface area contributed by atoms with Crippen LogP contribution in [0.25, 0.3) is 10.9 Å². The molecule has 2 aromatic rings. The first-order chi connectivity index (χ1) is 9.70. The molecule has 2 atom stereocenters. The Labute approximate surface area is 118 Å². The maximum Gasteiger partial charge on any atom is 0.254 e. The van der Waals surface area contributed by atoms with Crippen LogP contribution in [0.15, 0.2) is 24.4 Å². The van der Waals surface area contributed by atoms with Crippen molar-refractivity contribution in [2.75, 3.05) is 6.54 Å². The van der Waals surface area contributed by atoms with Crippen LogP contribution in [0.1, 0.15) is 36.5 Å². The summed E-state index contributed by atoms with van der Waals surface area (Å²) in [4.78, 5) is 14.7. The number of aromatic nitrogens is 2. The Morgan fingerprint density at radius 3 is 3.15 bits per heavy atom. The maximum atomic E-state index is 12.8. The fraction of sp³-hybridized carbons (Fsp3) is 0.467. The molecule has 0 bridgehead atoms. The van der Waals surface area contributed by atoms with Gasteiger partial charge in [-0.15, -0.1) is 0 Å². The Morgan fingerprint density at radius 1 is 1.50 bits per heavy atom. The molecular weight excluding hydrogens is 252 g/mol. The van der Waals surface area contributed by atoms with Crippen molar-refractivity contribution < 1.29 is 4.79 Å².